The largest absolute Gasteiger partial charge is 0.493 e. The van der Waals surface area contributed by atoms with E-state index in [9.17, 15) is 24.3 Å². The summed E-state index contributed by atoms with van der Waals surface area (Å²) >= 11 is 3.12. The fourth-order valence-electron chi connectivity index (χ4n) is 13.4. The second kappa shape index (κ2) is 39.0. The lowest BCUT2D eigenvalue weighted by Gasteiger charge is -2.27. The maximum atomic E-state index is 14.4. The summed E-state index contributed by atoms with van der Waals surface area (Å²) < 4.78 is 27.1. The van der Waals surface area contributed by atoms with Gasteiger partial charge in [-0.25, -0.2) is 29.6 Å². The van der Waals surface area contributed by atoms with Gasteiger partial charge in [-0.3, -0.25) is 9.59 Å². The molecule has 0 aliphatic heterocycles. The Morgan fingerprint density at radius 1 is 0.536 bits per heavy atom. The second-order valence-electron chi connectivity index (χ2n) is 26.4. The number of para-hydroxylation sites is 2. The van der Waals surface area contributed by atoms with Gasteiger partial charge < -0.3 is 24.1 Å². The van der Waals surface area contributed by atoms with E-state index in [4.69, 9.17) is 39.1 Å². The standard InChI is InChI=1S/C80H102N6O9S2/c1-6-11-15-25-49-85(79-83-68-31-21-23-33-71(68)96-79)81-55-61-53-63(94-77(90)59-39-35-57(36-40-59)29-19-13-8-3)43-45-65(61)74-67(76(88)89)47-48-70(92-51-27-17-18-28-52-93-73(87)10-5)75(74)66-46-44-64(95-78(91)60-41-37-58(38-42-60)30-20-14-9-4)54-62(66)56-82-86(50-26-16-12-7-2)80-84-69-32-22-24-34-72(69)97-80/h10,21-24,31-34,43-48,53-60H,5-9,11-20,25-30,35-42,49-52H2,1-4H3,(H,88,89). The average Bonchev–Trinajstić information content (AvgIpc) is 1.45. The predicted octanol–water partition coefficient (Wildman–Crippen LogP) is 21.0. The molecule has 7 aromatic rings. The monoisotopic (exact) mass is 1350 g/mol. The summed E-state index contributed by atoms with van der Waals surface area (Å²) in [4.78, 5) is 64.9. The molecule has 5 aromatic carbocycles. The first-order valence-corrected chi connectivity index (χ1v) is 38.0. The van der Waals surface area contributed by atoms with Crippen LogP contribution in [0.15, 0.2) is 120 Å². The van der Waals surface area contributed by atoms with Crippen LogP contribution in [0.4, 0.5) is 10.3 Å². The lowest BCUT2D eigenvalue weighted by atomic mass is 9.80. The Balaban J connectivity index is 1.19. The van der Waals surface area contributed by atoms with E-state index in [1.165, 1.54) is 51.4 Å². The van der Waals surface area contributed by atoms with E-state index in [2.05, 4.69) is 46.4 Å². The molecule has 15 nitrogen and oxygen atoms in total. The number of rotatable bonds is 40. The summed E-state index contributed by atoms with van der Waals surface area (Å²) in [6.07, 6.45) is 32.1. The Kier molecular flexibility index (Phi) is 29.5. The van der Waals surface area contributed by atoms with Gasteiger partial charge in [0.25, 0.3) is 0 Å². The predicted molar refractivity (Wildman–Crippen MR) is 397 cm³/mol. The molecule has 0 bridgehead atoms. The Bertz CT molecular complexity index is 3660. The number of ether oxygens (including phenoxy) is 4. The van der Waals surface area contributed by atoms with Crippen LogP contribution in [0.25, 0.3) is 42.7 Å². The number of anilines is 2. The van der Waals surface area contributed by atoms with Crippen molar-refractivity contribution < 1.29 is 43.2 Å². The van der Waals surface area contributed by atoms with Crippen molar-refractivity contribution in [2.45, 2.75) is 207 Å². The van der Waals surface area contributed by atoms with Crippen LogP contribution in [0.2, 0.25) is 0 Å². The van der Waals surface area contributed by atoms with E-state index < -0.39 is 11.9 Å². The number of unbranched alkanes of at least 4 members (excludes halogenated alkanes) is 13. The van der Waals surface area contributed by atoms with Gasteiger partial charge in [0.05, 0.1) is 63.5 Å². The third-order valence-corrected chi connectivity index (χ3v) is 21.1. The third kappa shape index (κ3) is 21.6. The highest BCUT2D eigenvalue weighted by molar-refractivity contribution is 7.22. The van der Waals surface area contributed by atoms with E-state index >= 15 is 0 Å². The highest BCUT2D eigenvalue weighted by Gasteiger charge is 2.31. The van der Waals surface area contributed by atoms with Gasteiger partial charge in [0.1, 0.15) is 17.2 Å². The highest BCUT2D eigenvalue weighted by Crippen LogP contribution is 2.46. The molecule has 0 atom stereocenters. The molecule has 518 valence electrons. The number of hydrazone groups is 2. The molecule has 0 radical (unpaired) electrons. The van der Waals surface area contributed by atoms with Crippen LogP contribution in [0.5, 0.6) is 17.2 Å². The number of aromatic nitrogens is 2. The van der Waals surface area contributed by atoms with Gasteiger partial charge in [-0.05, 0) is 186 Å². The fourth-order valence-corrected chi connectivity index (χ4v) is 15.3. The first-order valence-electron chi connectivity index (χ1n) is 36.4. The zero-order chi connectivity index (χ0) is 68.1. The van der Waals surface area contributed by atoms with E-state index in [0.29, 0.717) is 93.5 Å². The van der Waals surface area contributed by atoms with E-state index in [0.717, 1.165) is 147 Å². The van der Waals surface area contributed by atoms with Crippen LogP contribution in [0.1, 0.15) is 229 Å². The van der Waals surface area contributed by atoms with Crippen molar-refractivity contribution >= 4 is 89.7 Å². The normalized spacial score (nSPS) is 16.5. The molecule has 0 unspecified atom stereocenters. The molecule has 17 heteroatoms. The summed E-state index contributed by atoms with van der Waals surface area (Å²) in [6, 6.07) is 30.3. The second-order valence-corrected chi connectivity index (χ2v) is 28.4. The molecule has 1 N–H and O–H groups in total. The molecule has 2 aromatic heterocycles. The Labute approximate surface area is 583 Å². The third-order valence-electron chi connectivity index (χ3n) is 19.0. The van der Waals surface area contributed by atoms with Gasteiger partial charge in [-0.2, -0.15) is 10.2 Å². The number of thiazole rings is 2. The Hall–Kier alpha value is -7.76. The van der Waals surface area contributed by atoms with E-state index in [1.807, 2.05) is 64.6 Å². The molecular weight excluding hydrogens is 1250 g/mol. The lowest BCUT2D eigenvalue weighted by molar-refractivity contribution is -0.141. The van der Waals surface area contributed by atoms with Gasteiger partial charge in [-0.1, -0.05) is 171 Å². The topological polar surface area (TPSA) is 182 Å². The number of carbonyl (C=O) groups excluding carboxylic acids is 3. The van der Waals surface area contributed by atoms with Crippen molar-refractivity contribution in [3.05, 3.63) is 126 Å². The zero-order valence-electron chi connectivity index (χ0n) is 57.8. The summed E-state index contributed by atoms with van der Waals surface area (Å²) in [5.74, 6) is -0.376. The van der Waals surface area contributed by atoms with Crippen LogP contribution < -0.4 is 24.2 Å². The molecule has 0 saturated heterocycles. The van der Waals surface area contributed by atoms with Crippen molar-refractivity contribution in [1.82, 2.24) is 9.97 Å². The van der Waals surface area contributed by atoms with Crippen LogP contribution >= 0.6 is 22.7 Å². The molecule has 2 fully saturated rings. The van der Waals surface area contributed by atoms with Crippen LogP contribution in [-0.2, 0) is 19.1 Å². The van der Waals surface area contributed by atoms with Gasteiger partial charge >= 0.3 is 23.9 Å². The summed E-state index contributed by atoms with van der Waals surface area (Å²) in [6.45, 7) is 14.1. The number of hydrogen-bond acceptors (Lipinski definition) is 16. The first-order chi connectivity index (χ1) is 47.5. The number of esters is 3. The smallest absolute Gasteiger partial charge is 0.336 e. The number of benzene rings is 5. The van der Waals surface area contributed by atoms with Crippen molar-refractivity contribution in [1.29, 1.82) is 0 Å². The van der Waals surface area contributed by atoms with Crippen LogP contribution in [0.3, 0.4) is 0 Å². The van der Waals surface area contributed by atoms with Crippen molar-refractivity contribution in [2.24, 2.45) is 33.9 Å². The molecule has 0 amide bonds. The van der Waals surface area contributed by atoms with Crippen molar-refractivity contribution in [2.75, 3.05) is 36.3 Å². The van der Waals surface area contributed by atoms with E-state index in [-0.39, 0.29) is 42.6 Å². The molecule has 97 heavy (non-hydrogen) atoms. The minimum absolute atomic E-state index is 0.00942. The summed E-state index contributed by atoms with van der Waals surface area (Å²) in [5.41, 5.74) is 4.63. The molecule has 2 aliphatic carbocycles. The molecule has 2 saturated carbocycles. The highest BCUT2D eigenvalue weighted by atomic mass is 32.1. The fraction of sp³-hybridized carbons (Fsp3) is 0.500. The number of aromatic carboxylic acids is 1. The number of carboxylic acid groups (broad SMARTS) is 1. The number of hydrogen-bond donors (Lipinski definition) is 1. The van der Waals surface area contributed by atoms with Gasteiger partial charge in [-0.15, -0.1) is 0 Å². The first kappa shape index (κ1) is 73.5. The molecular formula is C80H102N6O9S2. The number of carbonyl (C=O) groups is 4. The van der Waals surface area contributed by atoms with Gasteiger partial charge in [0.15, 0.2) is 0 Å². The number of fused-ring (bicyclic) bond motifs is 2. The molecule has 9 rings (SSSR count). The summed E-state index contributed by atoms with van der Waals surface area (Å²) in [7, 11) is 0. The zero-order valence-corrected chi connectivity index (χ0v) is 59.5. The maximum absolute atomic E-state index is 14.4. The maximum Gasteiger partial charge on any atom is 0.336 e. The lowest BCUT2D eigenvalue weighted by Crippen LogP contribution is -2.25. The minimum atomic E-state index is -1.18. The number of nitrogens with zero attached hydrogens (tertiary/aromatic N) is 6. The van der Waals surface area contributed by atoms with Crippen LogP contribution in [0, 0.1) is 23.7 Å². The van der Waals surface area contributed by atoms with E-state index in [1.54, 1.807) is 65.4 Å². The van der Waals surface area contributed by atoms with Gasteiger partial charge in [0.2, 0.25) is 10.3 Å². The molecule has 2 aliphatic rings. The number of carboxylic acids is 1. The SMILES string of the molecule is C=CC(=O)OCCCCCCOc1ccc(C(=O)O)c(-c2ccc(OC(=O)C3CCC(CCCCC)CC3)cc2C=NN(CCCCCC)c2nc3ccccc3s2)c1-c1ccc(OC(=O)C2CCC(CCCCC)CC2)cc1C=NN(CCCCCC)c1nc2ccccc2s1. The van der Waals surface area contributed by atoms with Crippen molar-refractivity contribution in [3.8, 4) is 39.5 Å². The van der Waals surface area contributed by atoms with Crippen LogP contribution in [-0.4, -0.2) is 77.7 Å². The molecule has 2 heterocycles. The Morgan fingerprint density at radius 2 is 0.990 bits per heavy atom. The average molecular weight is 1360 g/mol. The summed E-state index contributed by atoms with van der Waals surface area (Å²) in [5, 5.41) is 27.5. The molecule has 0 spiro atoms. The Morgan fingerprint density at radius 3 is 1.45 bits per heavy atom. The van der Waals surface area contributed by atoms with Gasteiger partial charge in [0, 0.05) is 41.4 Å². The minimum Gasteiger partial charge on any atom is -0.493 e. The van der Waals surface area contributed by atoms with Crippen molar-refractivity contribution in [3.63, 3.8) is 0 Å². The quantitative estimate of drug-likeness (QED) is 0.00957.